The molecule has 0 unspecified atom stereocenters. The molecular weight excluding hydrogens is 456 g/mol. The first-order chi connectivity index (χ1) is 17.6. The van der Waals surface area contributed by atoms with Gasteiger partial charge in [-0.2, -0.15) is 5.21 Å². The monoisotopic (exact) mass is 482 g/mol. The lowest BCUT2D eigenvalue weighted by Gasteiger charge is -2.09. The summed E-state index contributed by atoms with van der Waals surface area (Å²) in [5, 5.41) is 14.3. The number of rotatable bonds is 9. The molecule has 1 N–H and O–H groups in total. The first kappa shape index (κ1) is 23.2. The molecule has 36 heavy (non-hydrogen) atoms. The van der Waals surface area contributed by atoms with Gasteiger partial charge < -0.3 is 4.57 Å². The van der Waals surface area contributed by atoms with Crippen LogP contribution in [-0.4, -0.2) is 45.6 Å². The summed E-state index contributed by atoms with van der Waals surface area (Å²) in [5.41, 5.74) is 4.61. The number of hydrogen-bond donors (Lipinski definition) is 1. The summed E-state index contributed by atoms with van der Waals surface area (Å²) in [7, 11) is 1.83. The Hall–Kier alpha value is -4.60. The van der Waals surface area contributed by atoms with E-state index in [0.29, 0.717) is 23.8 Å². The van der Waals surface area contributed by atoms with Crippen LogP contribution in [0.3, 0.4) is 0 Å². The number of unbranched alkanes of at least 4 members (excludes halogenated alkanes) is 1. The average Bonchev–Trinajstić information content (AvgIpc) is 3.64. The lowest BCUT2D eigenvalue weighted by molar-refractivity contribution is 0.112. The molecule has 0 fully saturated rings. The maximum atomic E-state index is 13.5. The van der Waals surface area contributed by atoms with Crippen LogP contribution >= 0.6 is 0 Å². The molecule has 4 aromatic heterocycles. The van der Waals surface area contributed by atoms with Crippen molar-refractivity contribution in [2.75, 3.05) is 0 Å². The van der Waals surface area contributed by atoms with Gasteiger partial charge in [0.25, 0.3) is 0 Å². The summed E-state index contributed by atoms with van der Waals surface area (Å²) in [6.45, 7) is 2.50. The van der Waals surface area contributed by atoms with Crippen molar-refractivity contribution in [1.82, 2.24) is 39.3 Å². The van der Waals surface area contributed by atoms with Gasteiger partial charge in [0.2, 0.25) is 5.82 Å². The second-order valence-electron chi connectivity index (χ2n) is 8.62. The van der Waals surface area contributed by atoms with Crippen LogP contribution in [-0.2, 0) is 20.0 Å². The third kappa shape index (κ3) is 4.28. The maximum absolute atomic E-state index is 13.5. The Morgan fingerprint density at radius 1 is 1.08 bits per heavy atom. The van der Waals surface area contributed by atoms with E-state index in [-0.39, 0.29) is 5.69 Å². The van der Waals surface area contributed by atoms with Crippen molar-refractivity contribution in [3.8, 4) is 28.5 Å². The summed E-state index contributed by atoms with van der Waals surface area (Å²) in [4.78, 5) is 29.7. The number of aryl methyl sites for hydroxylation is 2. The molecule has 0 radical (unpaired) electrons. The fraction of sp³-hybridized carbons (Fsp3) is 0.231. The minimum Gasteiger partial charge on any atom is -0.336 e. The molecule has 10 heteroatoms. The molecule has 1 aromatic carbocycles. The molecule has 0 aliphatic rings. The van der Waals surface area contributed by atoms with Gasteiger partial charge >= 0.3 is 5.69 Å². The number of imidazole rings is 1. The molecular formula is C26H26N8O2. The van der Waals surface area contributed by atoms with Crippen molar-refractivity contribution < 1.29 is 4.79 Å². The lowest BCUT2D eigenvalue weighted by atomic mass is 10.0. The van der Waals surface area contributed by atoms with E-state index in [1.165, 1.54) is 0 Å². The van der Waals surface area contributed by atoms with Crippen molar-refractivity contribution in [2.45, 2.75) is 32.7 Å². The van der Waals surface area contributed by atoms with E-state index >= 15 is 0 Å². The quantitative estimate of drug-likeness (QED) is 0.322. The van der Waals surface area contributed by atoms with Gasteiger partial charge in [0.1, 0.15) is 5.82 Å². The Balaban J connectivity index is 1.49. The van der Waals surface area contributed by atoms with E-state index in [0.717, 1.165) is 53.6 Å². The Labute approximate surface area is 207 Å². The lowest BCUT2D eigenvalue weighted by Crippen LogP contribution is -2.26. The molecule has 5 aromatic rings. The van der Waals surface area contributed by atoms with E-state index in [9.17, 15) is 9.59 Å². The fourth-order valence-electron chi connectivity index (χ4n) is 4.38. The largest absolute Gasteiger partial charge is 0.336 e. The molecule has 5 rings (SSSR count). The van der Waals surface area contributed by atoms with Crippen molar-refractivity contribution in [3.63, 3.8) is 0 Å². The molecule has 0 saturated carbocycles. The van der Waals surface area contributed by atoms with Gasteiger partial charge in [0.05, 0.1) is 17.8 Å². The second-order valence-corrected chi connectivity index (χ2v) is 8.62. The standard InChI is InChI=1S/C26H26N8O2/c1-3-4-7-20-16-34(25-19(17-35)12-13-32(25)2)26(36)33(20)15-18-10-11-23(27-14-18)21-8-5-6-9-22(21)24-28-30-31-29-24/h5-6,8-14,16-17H,3-4,7,15H2,1-2H3,(H,28,29,30,31). The van der Waals surface area contributed by atoms with Crippen LogP contribution in [0.2, 0.25) is 0 Å². The summed E-state index contributed by atoms with van der Waals surface area (Å²) < 4.78 is 5.12. The number of carbonyl (C=O) groups is 1. The zero-order valence-electron chi connectivity index (χ0n) is 20.1. The van der Waals surface area contributed by atoms with Crippen molar-refractivity contribution >= 4 is 6.29 Å². The third-order valence-corrected chi connectivity index (χ3v) is 6.23. The molecule has 0 saturated heterocycles. The number of nitrogens with zero attached hydrogens (tertiary/aromatic N) is 7. The summed E-state index contributed by atoms with van der Waals surface area (Å²) >= 11 is 0. The van der Waals surface area contributed by atoms with Crippen LogP contribution in [0.25, 0.3) is 28.5 Å². The van der Waals surface area contributed by atoms with E-state index in [4.69, 9.17) is 0 Å². The molecule has 10 nitrogen and oxygen atoms in total. The molecule has 0 aliphatic heterocycles. The number of benzene rings is 1. The fourth-order valence-corrected chi connectivity index (χ4v) is 4.38. The first-order valence-electron chi connectivity index (χ1n) is 11.8. The van der Waals surface area contributed by atoms with Gasteiger partial charge in [0.15, 0.2) is 6.29 Å². The number of carbonyl (C=O) groups excluding carboxylic acids is 1. The van der Waals surface area contributed by atoms with Crippen LogP contribution in [0, 0.1) is 0 Å². The number of aromatic amines is 1. The molecule has 4 heterocycles. The molecule has 0 amide bonds. The molecule has 0 aliphatic carbocycles. The number of tetrazole rings is 1. The van der Waals surface area contributed by atoms with E-state index in [1.54, 1.807) is 32.2 Å². The van der Waals surface area contributed by atoms with Crippen LogP contribution in [0.4, 0.5) is 0 Å². The third-order valence-electron chi connectivity index (χ3n) is 6.23. The van der Waals surface area contributed by atoms with Crippen LogP contribution in [0.1, 0.15) is 41.4 Å². The summed E-state index contributed by atoms with van der Waals surface area (Å²) in [6, 6.07) is 13.4. The number of pyridine rings is 1. The average molecular weight is 483 g/mol. The number of aldehydes is 1. The predicted octanol–water partition coefficient (Wildman–Crippen LogP) is 3.42. The van der Waals surface area contributed by atoms with Gasteiger partial charge in [-0.25, -0.2) is 4.79 Å². The highest BCUT2D eigenvalue weighted by molar-refractivity contribution is 5.80. The predicted molar refractivity (Wildman–Crippen MR) is 135 cm³/mol. The number of hydrogen-bond acceptors (Lipinski definition) is 6. The maximum Gasteiger partial charge on any atom is 0.334 e. The van der Waals surface area contributed by atoms with Crippen LogP contribution in [0.5, 0.6) is 0 Å². The number of aromatic nitrogens is 8. The Morgan fingerprint density at radius 2 is 1.92 bits per heavy atom. The zero-order chi connectivity index (χ0) is 25.1. The first-order valence-corrected chi connectivity index (χ1v) is 11.8. The topological polar surface area (TPSA) is 116 Å². The minimum atomic E-state index is -0.183. The van der Waals surface area contributed by atoms with E-state index in [1.807, 2.05) is 49.6 Å². The Bertz CT molecular complexity index is 1540. The molecule has 0 atom stereocenters. The van der Waals surface area contributed by atoms with E-state index < -0.39 is 0 Å². The van der Waals surface area contributed by atoms with Crippen molar-refractivity contribution in [2.24, 2.45) is 7.05 Å². The van der Waals surface area contributed by atoms with Gasteiger partial charge in [-0.3, -0.25) is 18.9 Å². The summed E-state index contributed by atoms with van der Waals surface area (Å²) in [6.07, 6.45) is 8.94. The highest BCUT2D eigenvalue weighted by atomic mass is 16.2. The molecule has 0 spiro atoms. The van der Waals surface area contributed by atoms with Gasteiger partial charge in [-0.1, -0.05) is 43.7 Å². The normalized spacial score (nSPS) is 11.2. The van der Waals surface area contributed by atoms with Crippen LogP contribution in [0.15, 0.2) is 65.8 Å². The highest BCUT2D eigenvalue weighted by Gasteiger charge is 2.18. The minimum absolute atomic E-state index is 0.183. The Morgan fingerprint density at radius 3 is 2.61 bits per heavy atom. The summed E-state index contributed by atoms with van der Waals surface area (Å²) in [5.74, 6) is 1.07. The van der Waals surface area contributed by atoms with Gasteiger partial charge in [-0.05, 0) is 35.8 Å². The van der Waals surface area contributed by atoms with E-state index in [2.05, 4.69) is 32.5 Å². The second kappa shape index (κ2) is 9.95. The smallest absolute Gasteiger partial charge is 0.334 e. The molecule has 182 valence electrons. The number of nitrogens with one attached hydrogen (secondary N) is 1. The SMILES string of the molecule is CCCCc1cn(-c2c(C=O)ccn2C)c(=O)n1Cc1ccc(-c2ccccc2-c2nn[nH]n2)nc1. The number of H-pyrrole nitrogens is 1. The van der Waals surface area contributed by atoms with Gasteiger partial charge in [0, 0.05) is 42.5 Å². The molecule has 0 bridgehead atoms. The van der Waals surface area contributed by atoms with Gasteiger partial charge in [-0.15, -0.1) is 10.2 Å². The van der Waals surface area contributed by atoms with Crippen molar-refractivity contribution in [3.05, 3.63) is 88.4 Å². The van der Waals surface area contributed by atoms with Crippen molar-refractivity contribution in [1.29, 1.82) is 0 Å². The van der Waals surface area contributed by atoms with Crippen LogP contribution < -0.4 is 5.69 Å². The zero-order valence-corrected chi connectivity index (χ0v) is 20.1. The highest BCUT2D eigenvalue weighted by Crippen LogP contribution is 2.28. The Kier molecular flexibility index (Phi) is 6.40.